The van der Waals surface area contributed by atoms with E-state index in [0.717, 1.165) is 48.0 Å². The molecule has 0 atom stereocenters. The second-order valence-electron chi connectivity index (χ2n) is 6.85. The molecule has 1 N–H and O–H groups in total. The summed E-state index contributed by atoms with van der Waals surface area (Å²) >= 11 is 0. The number of nitrogens with zero attached hydrogens (tertiary/aromatic N) is 1. The van der Waals surface area contributed by atoms with Crippen molar-refractivity contribution >= 4 is 16.9 Å². The third-order valence-electron chi connectivity index (χ3n) is 5.13. The second-order valence-corrected chi connectivity index (χ2v) is 6.85. The zero-order valence-electron chi connectivity index (χ0n) is 15.1. The molecule has 2 aromatic rings. The zero-order chi connectivity index (χ0) is 17.8. The molecule has 5 nitrogen and oxygen atoms in total. The lowest BCUT2D eigenvalue weighted by Crippen LogP contribution is -2.41. The molecule has 1 aromatic heterocycles. The smallest absolute Gasteiger partial charge is 0.227 e. The number of hydrogen-bond donors (Lipinski definition) is 1. The predicted molar refractivity (Wildman–Crippen MR) is 96.6 cm³/mol. The fourth-order valence-electron chi connectivity index (χ4n) is 3.39. The molecule has 1 aliphatic rings. The molecule has 25 heavy (non-hydrogen) atoms. The fourth-order valence-corrected chi connectivity index (χ4v) is 3.39. The molecular weight excluding hydrogens is 318 g/mol. The first-order valence-electron chi connectivity index (χ1n) is 9.06. The van der Waals surface area contributed by atoms with E-state index in [1.54, 1.807) is 6.26 Å². The summed E-state index contributed by atoms with van der Waals surface area (Å²) in [6, 6.07) is 4.13. The fraction of sp³-hybridized carbons (Fsp3) is 0.550. The van der Waals surface area contributed by atoms with Gasteiger partial charge >= 0.3 is 0 Å². The van der Waals surface area contributed by atoms with E-state index >= 15 is 0 Å². The van der Waals surface area contributed by atoms with E-state index < -0.39 is 0 Å². The average Bonchev–Trinajstić information content (AvgIpc) is 3.02. The third-order valence-corrected chi connectivity index (χ3v) is 5.13. The molecule has 1 saturated heterocycles. The molecule has 0 aliphatic carbocycles. The molecule has 0 radical (unpaired) electrons. The maximum Gasteiger partial charge on any atom is 0.227 e. The van der Waals surface area contributed by atoms with Gasteiger partial charge in [0.05, 0.1) is 18.8 Å². The Morgan fingerprint density at radius 3 is 2.80 bits per heavy atom. The van der Waals surface area contributed by atoms with Gasteiger partial charge in [-0.15, -0.1) is 0 Å². The Labute approximate surface area is 148 Å². The summed E-state index contributed by atoms with van der Waals surface area (Å²) < 4.78 is 11.4. The maximum absolute atomic E-state index is 12.6. The molecular formula is C20H27NO4. The Morgan fingerprint density at radius 2 is 2.08 bits per heavy atom. The first-order valence-corrected chi connectivity index (χ1v) is 9.06. The number of likely N-dealkylation sites (tertiary alicyclic amines) is 1. The minimum absolute atomic E-state index is 0.148. The molecule has 1 amide bonds. The van der Waals surface area contributed by atoms with Crippen LogP contribution in [0.25, 0.3) is 11.0 Å². The van der Waals surface area contributed by atoms with Crippen molar-refractivity contribution in [2.24, 2.45) is 0 Å². The number of aliphatic hydroxyl groups is 1. The average molecular weight is 345 g/mol. The number of rotatable bonds is 6. The monoisotopic (exact) mass is 345 g/mol. The predicted octanol–water partition coefficient (Wildman–Crippen LogP) is 2.98. The van der Waals surface area contributed by atoms with Gasteiger partial charge in [0.1, 0.15) is 5.58 Å². The number of carbonyl (C=O) groups is 1. The van der Waals surface area contributed by atoms with E-state index in [-0.39, 0.29) is 18.6 Å². The molecule has 0 saturated carbocycles. The van der Waals surface area contributed by atoms with E-state index in [0.29, 0.717) is 19.4 Å². The van der Waals surface area contributed by atoms with Crippen LogP contribution in [0.15, 0.2) is 22.8 Å². The maximum atomic E-state index is 12.6. The van der Waals surface area contributed by atoms with Crippen molar-refractivity contribution in [3.63, 3.8) is 0 Å². The van der Waals surface area contributed by atoms with Gasteiger partial charge in [0.25, 0.3) is 0 Å². The number of furan rings is 1. The molecule has 0 bridgehead atoms. The third kappa shape index (κ3) is 4.05. The van der Waals surface area contributed by atoms with Crippen molar-refractivity contribution in [3.8, 4) is 0 Å². The second kappa shape index (κ2) is 8.02. The van der Waals surface area contributed by atoms with Gasteiger partial charge in [0.15, 0.2) is 0 Å². The normalized spacial score (nSPS) is 15.9. The van der Waals surface area contributed by atoms with Crippen LogP contribution in [-0.4, -0.2) is 48.3 Å². The van der Waals surface area contributed by atoms with Crippen LogP contribution in [0.2, 0.25) is 0 Å². The van der Waals surface area contributed by atoms with Gasteiger partial charge in [-0.05, 0) is 44.2 Å². The van der Waals surface area contributed by atoms with Crippen molar-refractivity contribution in [1.82, 2.24) is 4.90 Å². The first-order chi connectivity index (χ1) is 12.1. The van der Waals surface area contributed by atoms with Crippen LogP contribution in [0, 0.1) is 13.8 Å². The Bertz CT molecular complexity index is 729. The molecule has 1 fully saturated rings. The highest BCUT2D eigenvalue weighted by atomic mass is 16.5. The van der Waals surface area contributed by atoms with Gasteiger partial charge in [-0.1, -0.05) is 12.1 Å². The summed E-state index contributed by atoms with van der Waals surface area (Å²) in [6.45, 7) is 6.33. The standard InChI is InChI=1S/C20H27NO4/c1-14-4-5-18-16(13-25-20(18)15(14)2)12-19(23)21-8-6-17(7-9-21)24-11-3-10-22/h4-5,13,17,22H,3,6-12H2,1-2H3. The minimum Gasteiger partial charge on any atom is -0.464 e. The quantitative estimate of drug-likeness (QED) is 0.818. The highest BCUT2D eigenvalue weighted by molar-refractivity contribution is 5.89. The summed E-state index contributed by atoms with van der Waals surface area (Å²) in [5.41, 5.74) is 4.18. The van der Waals surface area contributed by atoms with E-state index in [9.17, 15) is 4.79 Å². The van der Waals surface area contributed by atoms with Crippen molar-refractivity contribution in [1.29, 1.82) is 0 Å². The number of ether oxygens (including phenoxy) is 1. The molecule has 136 valence electrons. The molecule has 5 heteroatoms. The van der Waals surface area contributed by atoms with E-state index in [2.05, 4.69) is 13.0 Å². The Hall–Kier alpha value is -1.85. The van der Waals surface area contributed by atoms with Gasteiger partial charge in [-0.3, -0.25) is 4.79 Å². The molecule has 2 heterocycles. The topological polar surface area (TPSA) is 62.9 Å². The Morgan fingerprint density at radius 1 is 1.32 bits per heavy atom. The summed E-state index contributed by atoms with van der Waals surface area (Å²) in [4.78, 5) is 14.6. The minimum atomic E-state index is 0.148. The largest absolute Gasteiger partial charge is 0.464 e. The number of aliphatic hydroxyl groups excluding tert-OH is 1. The van der Waals surface area contributed by atoms with Gasteiger partial charge in [0, 0.05) is 37.3 Å². The highest BCUT2D eigenvalue weighted by Gasteiger charge is 2.24. The number of carbonyl (C=O) groups excluding carboxylic acids is 1. The number of benzene rings is 1. The van der Waals surface area contributed by atoms with E-state index in [1.807, 2.05) is 17.9 Å². The Balaban J connectivity index is 1.58. The SMILES string of the molecule is Cc1ccc2c(CC(=O)N3CCC(OCCCO)CC3)coc2c1C. The van der Waals surface area contributed by atoms with Crippen LogP contribution in [0.5, 0.6) is 0 Å². The lowest BCUT2D eigenvalue weighted by Gasteiger charge is -2.32. The molecule has 1 aromatic carbocycles. The van der Waals surface area contributed by atoms with Crippen LogP contribution in [0.1, 0.15) is 36.0 Å². The number of hydrogen-bond acceptors (Lipinski definition) is 4. The number of fused-ring (bicyclic) bond motifs is 1. The van der Waals surface area contributed by atoms with Crippen molar-refractivity contribution in [2.45, 2.75) is 45.6 Å². The van der Waals surface area contributed by atoms with Crippen molar-refractivity contribution < 1.29 is 19.1 Å². The van der Waals surface area contributed by atoms with Crippen molar-refractivity contribution in [2.75, 3.05) is 26.3 Å². The van der Waals surface area contributed by atoms with E-state index in [4.69, 9.17) is 14.3 Å². The summed E-state index contributed by atoms with van der Waals surface area (Å²) in [6.07, 6.45) is 4.70. The molecule has 0 unspecified atom stereocenters. The van der Waals surface area contributed by atoms with Crippen LogP contribution >= 0.6 is 0 Å². The van der Waals surface area contributed by atoms with Gasteiger partial charge in [-0.25, -0.2) is 0 Å². The highest BCUT2D eigenvalue weighted by Crippen LogP contribution is 2.27. The lowest BCUT2D eigenvalue weighted by molar-refractivity contribution is -0.133. The van der Waals surface area contributed by atoms with Crippen LogP contribution in [0.4, 0.5) is 0 Å². The van der Waals surface area contributed by atoms with Crippen LogP contribution < -0.4 is 0 Å². The number of amides is 1. The summed E-state index contributed by atoms with van der Waals surface area (Å²) in [7, 11) is 0. The Kier molecular flexibility index (Phi) is 5.76. The zero-order valence-corrected chi connectivity index (χ0v) is 15.1. The van der Waals surface area contributed by atoms with Crippen LogP contribution in [0.3, 0.4) is 0 Å². The lowest BCUT2D eigenvalue weighted by atomic mass is 10.0. The summed E-state index contributed by atoms with van der Waals surface area (Å²) in [5.74, 6) is 0.148. The molecule has 0 spiro atoms. The molecule has 1 aliphatic heterocycles. The number of piperidine rings is 1. The van der Waals surface area contributed by atoms with Gasteiger partial charge in [-0.2, -0.15) is 0 Å². The van der Waals surface area contributed by atoms with Crippen molar-refractivity contribution in [3.05, 3.63) is 35.1 Å². The van der Waals surface area contributed by atoms with Gasteiger partial charge < -0.3 is 19.2 Å². The first kappa shape index (κ1) is 18.0. The number of aryl methyl sites for hydroxylation is 2. The van der Waals surface area contributed by atoms with Crippen LogP contribution in [-0.2, 0) is 16.0 Å². The van der Waals surface area contributed by atoms with E-state index in [1.165, 1.54) is 5.56 Å². The summed E-state index contributed by atoms with van der Waals surface area (Å²) in [5, 5.41) is 9.84. The molecule has 3 rings (SSSR count). The van der Waals surface area contributed by atoms with Gasteiger partial charge in [0.2, 0.25) is 5.91 Å².